The Morgan fingerprint density at radius 2 is 1.68 bits per heavy atom. The number of carbonyl (C=O) groups excluding carboxylic acids is 1. The van der Waals surface area contributed by atoms with Crippen molar-refractivity contribution in [1.82, 2.24) is 5.16 Å². The van der Waals surface area contributed by atoms with Crippen molar-refractivity contribution < 1.29 is 9.32 Å². The molecule has 2 aromatic carbocycles. The van der Waals surface area contributed by atoms with E-state index in [2.05, 4.69) is 21.9 Å². The van der Waals surface area contributed by atoms with Gasteiger partial charge in [-0.3, -0.25) is 4.79 Å². The van der Waals surface area contributed by atoms with Crippen molar-refractivity contribution in [3.05, 3.63) is 83.9 Å². The highest BCUT2D eigenvalue weighted by Gasteiger charge is 2.14. The molecule has 5 heteroatoms. The Kier molecular flexibility index (Phi) is 4.14. The summed E-state index contributed by atoms with van der Waals surface area (Å²) in [6, 6.07) is 23.0. The fourth-order valence-corrected chi connectivity index (χ4v) is 3.21. The maximum absolute atomic E-state index is 12.2. The van der Waals surface area contributed by atoms with Crippen LogP contribution in [-0.2, 0) is 0 Å². The van der Waals surface area contributed by atoms with Crippen LogP contribution in [0.1, 0.15) is 10.6 Å². The summed E-state index contributed by atoms with van der Waals surface area (Å²) in [6.07, 6.45) is 0. The van der Waals surface area contributed by atoms with Crippen LogP contribution in [0, 0.1) is 0 Å². The first-order chi connectivity index (χ1) is 12.3. The molecule has 0 spiro atoms. The number of hydrogen-bond donors (Lipinski definition) is 1. The van der Waals surface area contributed by atoms with E-state index in [1.54, 1.807) is 17.4 Å². The lowest BCUT2D eigenvalue weighted by atomic mass is 10.1. The molecule has 4 nitrogen and oxygen atoms in total. The summed E-state index contributed by atoms with van der Waals surface area (Å²) in [5.41, 5.74) is 3.41. The lowest BCUT2D eigenvalue weighted by Gasteiger charge is -2.01. The Bertz CT molecular complexity index is 974. The molecular formula is C20H14N2O2S. The molecule has 0 unspecified atom stereocenters. The predicted octanol–water partition coefficient (Wildman–Crippen LogP) is 5.32. The predicted molar refractivity (Wildman–Crippen MR) is 99.6 cm³/mol. The number of benzene rings is 2. The summed E-state index contributed by atoms with van der Waals surface area (Å²) in [7, 11) is 0. The number of hydrogen-bond acceptors (Lipinski definition) is 4. The molecule has 0 fully saturated rings. The number of nitrogens with zero attached hydrogens (tertiary/aromatic N) is 1. The van der Waals surface area contributed by atoms with E-state index in [9.17, 15) is 4.79 Å². The molecule has 4 aromatic rings. The lowest BCUT2D eigenvalue weighted by molar-refractivity contribution is 0.0988. The highest BCUT2D eigenvalue weighted by atomic mass is 32.1. The van der Waals surface area contributed by atoms with Crippen LogP contribution in [-0.4, -0.2) is 11.1 Å². The van der Waals surface area contributed by atoms with Crippen LogP contribution in [0.5, 0.6) is 0 Å². The number of rotatable bonds is 4. The number of nitrogens with one attached hydrogen (secondary N) is 1. The highest BCUT2D eigenvalue weighted by Crippen LogP contribution is 2.27. The van der Waals surface area contributed by atoms with Crippen molar-refractivity contribution in [1.29, 1.82) is 0 Å². The van der Waals surface area contributed by atoms with Gasteiger partial charge in [0.1, 0.15) is 5.69 Å². The quantitative estimate of drug-likeness (QED) is 0.544. The first-order valence-corrected chi connectivity index (χ1v) is 8.65. The third kappa shape index (κ3) is 3.36. The van der Waals surface area contributed by atoms with Crippen LogP contribution in [0.15, 0.2) is 82.7 Å². The molecule has 0 aliphatic rings. The van der Waals surface area contributed by atoms with Crippen LogP contribution in [0.25, 0.3) is 21.7 Å². The summed E-state index contributed by atoms with van der Waals surface area (Å²) in [5, 5.41) is 8.84. The van der Waals surface area contributed by atoms with Gasteiger partial charge < -0.3 is 9.84 Å². The summed E-state index contributed by atoms with van der Waals surface area (Å²) >= 11 is 1.70. The van der Waals surface area contributed by atoms with Gasteiger partial charge in [0, 0.05) is 22.2 Å². The zero-order valence-corrected chi connectivity index (χ0v) is 14.0. The molecule has 2 aromatic heterocycles. The van der Waals surface area contributed by atoms with Crippen molar-refractivity contribution in [3.63, 3.8) is 0 Å². The largest absolute Gasteiger partial charge is 0.350 e. The van der Waals surface area contributed by atoms with Gasteiger partial charge in [0.05, 0.1) is 0 Å². The Balaban J connectivity index is 1.52. The van der Waals surface area contributed by atoms with Gasteiger partial charge >= 0.3 is 0 Å². The molecule has 2 heterocycles. The monoisotopic (exact) mass is 346 g/mol. The Labute approximate surface area is 148 Å². The SMILES string of the molecule is O=C(Nc1ccccc1)c1cc(-c2ccc(-c3cccs3)cc2)no1. The van der Waals surface area contributed by atoms with E-state index in [1.165, 1.54) is 4.88 Å². The number of anilines is 1. The molecule has 1 amide bonds. The number of amides is 1. The molecular weight excluding hydrogens is 332 g/mol. The van der Waals surface area contributed by atoms with Gasteiger partial charge in [0.15, 0.2) is 0 Å². The topological polar surface area (TPSA) is 55.1 Å². The maximum Gasteiger partial charge on any atom is 0.294 e. The second-order valence-electron chi connectivity index (χ2n) is 5.45. The second-order valence-corrected chi connectivity index (χ2v) is 6.40. The molecule has 0 aliphatic carbocycles. The molecule has 0 radical (unpaired) electrons. The first kappa shape index (κ1) is 15.4. The van der Waals surface area contributed by atoms with E-state index in [0.717, 1.165) is 11.1 Å². The molecule has 0 atom stereocenters. The molecule has 0 saturated carbocycles. The minimum absolute atomic E-state index is 0.182. The van der Waals surface area contributed by atoms with Crippen molar-refractivity contribution >= 4 is 22.9 Å². The van der Waals surface area contributed by atoms with E-state index in [1.807, 2.05) is 60.7 Å². The summed E-state index contributed by atoms with van der Waals surface area (Å²) < 4.78 is 5.20. The van der Waals surface area contributed by atoms with Crippen molar-refractivity contribution in [2.24, 2.45) is 0 Å². The van der Waals surface area contributed by atoms with Gasteiger partial charge in [0.2, 0.25) is 5.76 Å². The van der Waals surface area contributed by atoms with E-state index in [0.29, 0.717) is 11.4 Å². The number of aromatic nitrogens is 1. The fraction of sp³-hybridized carbons (Fsp3) is 0. The molecule has 0 saturated heterocycles. The average Bonchev–Trinajstić information content (AvgIpc) is 3.35. The van der Waals surface area contributed by atoms with E-state index < -0.39 is 0 Å². The zero-order chi connectivity index (χ0) is 17.1. The molecule has 122 valence electrons. The van der Waals surface area contributed by atoms with Crippen LogP contribution in [0.4, 0.5) is 5.69 Å². The summed E-state index contributed by atoms with van der Waals surface area (Å²) in [4.78, 5) is 13.4. The highest BCUT2D eigenvalue weighted by molar-refractivity contribution is 7.13. The lowest BCUT2D eigenvalue weighted by Crippen LogP contribution is -2.10. The van der Waals surface area contributed by atoms with Crippen molar-refractivity contribution in [2.45, 2.75) is 0 Å². The minimum atomic E-state index is -0.319. The Hall–Kier alpha value is -3.18. The number of thiophene rings is 1. The standard InChI is InChI=1S/C20H14N2O2S/c23-20(21-16-5-2-1-3-6-16)18-13-17(22-24-18)14-8-10-15(11-9-14)19-7-4-12-25-19/h1-13H,(H,21,23). The van der Waals surface area contributed by atoms with E-state index in [4.69, 9.17) is 4.52 Å². The summed E-state index contributed by atoms with van der Waals surface area (Å²) in [5.74, 6) is -0.138. The van der Waals surface area contributed by atoms with Gasteiger partial charge in [-0.05, 0) is 29.1 Å². The van der Waals surface area contributed by atoms with Gasteiger partial charge in [-0.2, -0.15) is 0 Å². The Morgan fingerprint density at radius 3 is 2.40 bits per heavy atom. The van der Waals surface area contributed by atoms with Gasteiger partial charge in [-0.15, -0.1) is 11.3 Å². The van der Waals surface area contributed by atoms with Gasteiger partial charge in [-0.25, -0.2) is 0 Å². The second kappa shape index (κ2) is 6.75. The fourth-order valence-electron chi connectivity index (χ4n) is 2.48. The van der Waals surface area contributed by atoms with Crippen LogP contribution in [0.3, 0.4) is 0 Å². The van der Waals surface area contributed by atoms with Crippen LogP contribution >= 0.6 is 11.3 Å². The van der Waals surface area contributed by atoms with Crippen molar-refractivity contribution in [3.8, 4) is 21.7 Å². The Morgan fingerprint density at radius 1 is 0.920 bits per heavy atom. The third-order valence-corrected chi connectivity index (χ3v) is 4.67. The van der Waals surface area contributed by atoms with E-state index in [-0.39, 0.29) is 11.7 Å². The summed E-state index contributed by atoms with van der Waals surface area (Å²) in [6.45, 7) is 0. The molecule has 4 rings (SSSR count). The normalized spacial score (nSPS) is 10.6. The number of carbonyl (C=O) groups is 1. The molecule has 25 heavy (non-hydrogen) atoms. The van der Waals surface area contributed by atoms with E-state index >= 15 is 0 Å². The number of para-hydroxylation sites is 1. The molecule has 0 bridgehead atoms. The molecule has 0 aliphatic heterocycles. The minimum Gasteiger partial charge on any atom is -0.350 e. The smallest absolute Gasteiger partial charge is 0.294 e. The van der Waals surface area contributed by atoms with Crippen molar-refractivity contribution in [2.75, 3.05) is 5.32 Å². The van der Waals surface area contributed by atoms with Crippen LogP contribution in [0.2, 0.25) is 0 Å². The average molecular weight is 346 g/mol. The zero-order valence-electron chi connectivity index (χ0n) is 13.2. The van der Waals surface area contributed by atoms with Crippen LogP contribution < -0.4 is 5.32 Å². The maximum atomic E-state index is 12.2. The van der Waals surface area contributed by atoms with Gasteiger partial charge in [0.25, 0.3) is 5.91 Å². The third-order valence-electron chi connectivity index (χ3n) is 3.75. The molecule has 1 N–H and O–H groups in total. The van der Waals surface area contributed by atoms with Gasteiger partial charge in [-0.1, -0.05) is 53.7 Å². The first-order valence-electron chi connectivity index (χ1n) is 7.77.